The number of nitrogens with zero attached hydrogens (tertiary/aromatic N) is 3. The van der Waals surface area contributed by atoms with E-state index < -0.39 is 0 Å². The van der Waals surface area contributed by atoms with Crippen molar-refractivity contribution in [2.24, 2.45) is 23.2 Å². The molecular formula is C23H34N4O2. The van der Waals surface area contributed by atoms with Crippen molar-refractivity contribution in [1.82, 2.24) is 4.90 Å². The third-order valence-corrected chi connectivity index (χ3v) is 8.42. The Hall–Kier alpha value is -1.82. The lowest BCUT2D eigenvalue weighted by atomic mass is 9.48. The van der Waals surface area contributed by atoms with Gasteiger partial charge in [0.2, 0.25) is 0 Å². The lowest BCUT2D eigenvalue weighted by Gasteiger charge is -2.59. The summed E-state index contributed by atoms with van der Waals surface area (Å²) in [5, 5.41) is 15.4. The first-order valence-corrected chi connectivity index (χ1v) is 11.4. The number of nitro groups is 1. The molecule has 0 aromatic heterocycles. The van der Waals surface area contributed by atoms with E-state index in [2.05, 4.69) is 29.1 Å². The number of likely N-dealkylation sites (N-methyl/N-ethyl adjacent to an activating group) is 1. The lowest BCUT2D eigenvalue weighted by molar-refractivity contribution is -0.384. The first kappa shape index (κ1) is 19.2. The molecule has 6 heteroatoms. The van der Waals surface area contributed by atoms with Gasteiger partial charge in [0.1, 0.15) is 5.69 Å². The van der Waals surface area contributed by atoms with E-state index in [1.54, 1.807) is 6.07 Å². The summed E-state index contributed by atoms with van der Waals surface area (Å²) in [6.45, 7) is 6.28. The van der Waals surface area contributed by atoms with Gasteiger partial charge in [-0.05, 0) is 87.8 Å². The van der Waals surface area contributed by atoms with Crippen LogP contribution in [0.4, 0.5) is 17.1 Å². The fourth-order valence-corrected chi connectivity index (χ4v) is 7.15. The maximum absolute atomic E-state index is 11.7. The molecule has 0 spiro atoms. The molecule has 158 valence electrons. The minimum Gasteiger partial charge on any atom is -0.376 e. The summed E-state index contributed by atoms with van der Waals surface area (Å²) < 4.78 is 0. The molecule has 1 atom stereocenters. The molecule has 1 saturated heterocycles. The monoisotopic (exact) mass is 398 g/mol. The second kappa shape index (κ2) is 7.15. The second-order valence-corrected chi connectivity index (χ2v) is 10.4. The SMILES string of the molecule is C[C@@H](Nc1cc(N2CCN(C)CC2)ccc1[N+](=O)[O-])C12CC3CC(CC(C3)C1)C2. The Bertz CT molecular complexity index is 752. The summed E-state index contributed by atoms with van der Waals surface area (Å²) in [4.78, 5) is 16.2. The largest absolute Gasteiger partial charge is 0.376 e. The molecule has 1 aliphatic heterocycles. The highest BCUT2D eigenvalue weighted by Crippen LogP contribution is 2.61. The Kier molecular flexibility index (Phi) is 4.72. The summed E-state index contributed by atoms with van der Waals surface area (Å²) in [5.41, 5.74) is 2.34. The topological polar surface area (TPSA) is 61.6 Å². The minimum absolute atomic E-state index is 0.208. The minimum atomic E-state index is -0.234. The zero-order valence-electron chi connectivity index (χ0n) is 17.8. The van der Waals surface area contributed by atoms with Crippen LogP contribution in [0.1, 0.15) is 45.4 Å². The molecule has 0 radical (unpaired) electrons. The van der Waals surface area contributed by atoms with Crippen molar-refractivity contribution in [1.29, 1.82) is 0 Å². The van der Waals surface area contributed by atoms with Gasteiger partial charge in [-0.2, -0.15) is 0 Å². The first-order valence-electron chi connectivity index (χ1n) is 11.4. The van der Waals surface area contributed by atoms with E-state index >= 15 is 0 Å². The van der Waals surface area contributed by atoms with Crippen molar-refractivity contribution in [2.45, 2.75) is 51.5 Å². The Labute approximate surface area is 173 Å². The average molecular weight is 399 g/mol. The van der Waals surface area contributed by atoms with Gasteiger partial charge < -0.3 is 15.1 Å². The third kappa shape index (κ3) is 3.49. The van der Waals surface area contributed by atoms with Crippen LogP contribution in [0, 0.1) is 33.3 Å². The van der Waals surface area contributed by atoms with Crippen molar-refractivity contribution in [3.8, 4) is 0 Å². The van der Waals surface area contributed by atoms with Gasteiger partial charge >= 0.3 is 0 Å². The number of piperazine rings is 1. The third-order valence-electron chi connectivity index (χ3n) is 8.42. The van der Waals surface area contributed by atoms with Crippen LogP contribution >= 0.6 is 0 Å². The van der Waals surface area contributed by atoms with E-state index in [-0.39, 0.29) is 16.7 Å². The van der Waals surface area contributed by atoms with E-state index in [9.17, 15) is 10.1 Å². The van der Waals surface area contributed by atoms with Gasteiger partial charge in [0.25, 0.3) is 5.69 Å². The molecule has 1 aromatic carbocycles. The quantitative estimate of drug-likeness (QED) is 0.590. The highest BCUT2D eigenvalue weighted by atomic mass is 16.6. The number of nitro benzene ring substituents is 1. The van der Waals surface area contributed by atoms with Crippen LogP contribution in [0.25, 0.3) is 0 Å². The molecule has 29 heavy (non-hydrogen) atoms. The van der Waals surface area contributed by atoms with Gasteiger partial charge in [-0.1, -0.05) is 0 Å². The fraction of sp³-hybridized carbons (Fsp3) is 0.739. The normalized spacial score (nSPS) is 35.0. The van der Waals surface area contributed by atoms with E-state index in [0.29, 0.717) is 11.1 Å². The molecule has 5 aliphatic rings. The number of rotatable bonds is 5. The predicted molar refractivity (Wildman–Crippen MR) is 116 cm³/mol. The van der Waals surface area contributed by atoms with Crippen LogP contribution in [0.5, 0.6) is 0 Å². The number of hydrogen-bond donors (Lipinski definition) is 1. The van der Waals surface area contributed by atoms with Crippen molar-refractivity contribution >= 4 is 17.1 Å². The summed E-state index contributed by atoms with van der Waals surface area (Å²) in [7, 11) is 2.15. The van der Waals surface area contributed by atoms with Gasteiger partial charge in [-0.15, -0.1) is 0 Å². The zero-order valence-corrected chi connectivity index (χ0v) is 17.8. The summed E-state index contributed by atoms with van der Waals surface area (Å²) >= 11 is 0. The highest BCUT2D eigenvalue weighted by molar-refractivity contribution is 5.69. The molecule has 1 aromatic rings. The Balaban J connectivity index is 1.39. The van der Waals surface area contributed by atoms with Gasteiger partial charge in [-0.25, -0.2) is 0 Å². The van der Waals surface area contributed by atoms with Gasteiger partial charge in [0.05, 0.1) is 4.92 Å². The van der Waals surface area contributed by atoms with Crippen LogP contribution in [-0.2, 0) is 0 Å². The number of nitrogens with one attached hydrogen (secondary N) is 1. The van der Waals surface area contributed by atoms with Crippen LogP contribution in [0.3, 0.4) is 0 Å². The standard InChI is InChI=1S/C23H34N4O2/c1-16(23-13-17-9-18(14-23)11-19(10-17)15-23)24-21-12-20(3-4-22(21)27(28)29)26-7-5-25(2)6-8-26/h3-4,12,16-19,24H,5-11,13-15H2,1-2H3/t16-,17?,18?,19?,23?/m1/s1. The maximum Gasteiger partial charge on any atom is 0.292 e. The van der Waals surface area contributed by atoms with Gasteiger partial charge in [0.15, 0.2) is 0 Å². The van der Waals surface area contributed by atoms with Crippen LogP contribution < -0.4 is 10.2 Å². The first-order chi connectivity index (χ1) is 13.9. The van der Waals surface area contributed by atoms with Crippen LogP contribution in [-0.4, -0.2) is 49.1 Å². The zero-order chi connectivity index (χ0) is 20.2. The van der Waals surface area contributed by atoms with Gasteiger partial charge in [-0.3, -0.25) is 10.1 Å². The molecule has 4 aliphatic carbocycles. The van der Waals surface area contributed by atoms with Crippen LogP contribution in [0.2, 0.25) is 0 Å². The molecule has 0 amide bonds. The van der Waals surface area contributed by atoms with E-state index in [1.165, 1.54) is 38.5 Å². The molecular weight excluding hydrogens is 364 g/mol. The number of anilines is 2. The smallest absolute Gasteiger partial charge is 0.292 e. The van der Waals surface area contributed by atoms with Crippen molar-refractivity contribution < 1.29 is 4.92 Å². The molecule has 6 nitrogen and oxygen atoms in total. The molecule has 4 bridgehead atoms. The summed E-state index contributed by atoms with van der Waals surface area (Å²) in [6.07, 6.45) is 8.18. The van der Waals surface area contributed by atoms with Crippen molar-refractivity contribution in [3.63, 3.8) is 0 Å². The van der Waals surface area contributed by atoms with Crippen LogP contribution in [0.15, 0.2) is 18.2 Å². The lowest BCUT2D eigenvalue weighted by Crippen LogP contribution is -2.52. The van der Waals surface area contributed by atoms with Gasteiger partial charge in [0, 0.05) is 44.0 Å². The molecule has 1 heterocycles. The number of benzene rings is 1. The molecule has 0 unspecified atom stereocenters. The molecule has 5 fully saturated rings. The Morgan fingerprint density at radius 1 is 1.07 bits per heavy atom. The summed E-state index contributed by atoms with van der Waals surface area (Å²) in [6, 6.07) is 5.92. The second-order valence-electron chi connectivity index (χ2n) is 10.4. The molecule has 6 rings (SSSR count). The van der Waals surface area contributed by atoms with E-state index in [0.717, 1.165) is 49.6 Å². The number of hydrogen-bond acceptors (Lipinski definition) is 5. The highest BCUT2D eigenvalue weighted by Gasteiger charge is 2.53. The van der Waals surface area contributed by atoms with Crippen molar-refractivity contribution in [3.05, 3.63) is 28.3 Å². The molecule has 4 saturated carbocycles. The molecule has 1 N–H and O–H groups in total. The van der Waals surface area contributed by atoms with E-state index in [1.807, 2.05) is 12.1 Å². The fourth-order valence-electron chi connectivity index (χ4n) is 7.15. The Morgan fingerprint density at radius 2 is 1.66 bits per heavy atom. The maximum atomic E-state index is 11.7. The van der Waals surface area contributed by atoms with Crippen molar-refractivity contribution in [2.75, 3.05) is 43.4 Å². The average Bonchev–Trinajstić information content (AvgIpc) is 2.67. The summed E-state index contributed by atoms with van der Waals surface area (Å²) in [5.74, 6) is 2.66. The Morgan fingerprint density at radius 3 is 2.21 bits per heavy atom. The van der Waals surface area contributed by atoms with E-state index in [4.69, 9.17) is 0 Å². The predicted octanol–water partition coefficient (Wildman–Crippen LogP) is 4.36.